The minimum absolute atomic E-state index is 0.0170. The second-order valence-electron chi connectivity index (χ2n) is 4.36. The molecular formula is C14H16FNOS. The molecule has 0 aliphatic rings. The van der Waals surface area contributed by atoms with Crippen LogP contribution in [0.3, 0.4) is 0 Å². The van der Waals surface area contributed by atoms with Crippen molar-refractivity contribution in [2.45, 2.75) is 19.9 Å². The number of rotatable bonds is 4. The molecule has 2 N–H and O–H groups in total. The van der Waals surface area contributed by atoms with Gasteiger partial charge in [0, 0.05) is 10.6 Å². The monoisotopic (exact) mass is 265 g/mol. The van der Waals surface area contributed by atoms with E-state index in [-0.39, 0.29) is 18.5 Å². The normalized spacial score (nSPS) is 12.4. The molecule has 0 amide bonds. The van der Waals surface area contributed by atoms with Crippen LogP contribution in [0.25, 0.3) is 0 Å². The summed E-state index contributed by atoms with van der Waals surface area (Å²) in [6.07, 6.45) is 0. The summed E-state index contributed by atoms with van der Waals surface area (Å²) in [5.41, 5.74) is 2.69. The number of anilines is 1. The number of hydrogen-bond acceptors (Lipinski definition) is 3. The van der Waals surface area contributed by atoms with E-state index < -0.39 is 0 Å². The van der Waals surface area contributed by atoms with Crippen LogP contribution in [-0.4, -0.2) is 11.7 Å². The van der Waals surface area contributed by atoms with Crippen molar-refractivity contribution in [3.05, 3.63) is 51.5 Å². The zero-order valence-electron chi connectivity index (χ0n) is 10.4. The minimum atomic E-state index is -0.267. The molecule has 0 aliphatic carbocycles. The third-order valence-electron chi connectivity index (χ3n) is 2.78. The Labute approximate surface area is 110 Å². The fraction of sp³-hybridized carbons (Fsp3) is 0.286. The number of hydrogen-bond donors (Lipinski definition) is 2. The smallest absolute Gasteiger partial charge is 0.125 e. The van der Waals surface area contributed by atoms with E-state index in [1.807, 2.05) is 31.4 Å². The fourth-order valence-corrected chi connectivity index (χ4v) is 2.93. The molecule has 1 aromatic carbocycles. The Kier molecular flexibility index (Phi) is 3.99. The molecule has 0 saturated heterocycles. The molecule has 2 rings (SSSR count). The Morgan fingerprint density at radius 2 is 2.11 bits per heavy atom. The summed E-state index contributed by atoms with van der Waals surface area (Å²) < 4.78 is 13.3. The van der Waals surface area contributed by atoms with Crippen LogP contribution in [0, 0.1) is 19.7 Å². The zero-order valence-corrected chi connectivity index (χ0v) is 11.2. The van der Waals surface area contributed by atoms with E-state index >= 15 is 0 Å². The van der Waals surface area contributed by atoms with Crippen LogP contribution in [0.5, 0.6) is 0 Å². The second-order valence-corrected chi connectivity index (χ2v) is 5.31. The first-order valence-corrected chi connectivity index (χ1v) is 6.66. The van der Waals surface area contributed by atoms with Gasteiger partial charge >= 0.3 is 0 Å². The molecule has 1 heterocycles. The molecule has 2 aromatic rings. The summed E-state index contributed by atoms with van der Waals surface area (Å²) in [6.45, 7) is 3.84. The highest BCUT2D eigenvalue weighted by Gasteiger charge is 2.14. The van der Waals surface area contributed by atoms with Crippen molar-refractivity contribution < 1.29 is 9.50 Å². The Hall–Kier alpha value is -1.39. The van der Waals surface area contributed by atoms with Gasteiger partial charge in [-0.1, -0.05) is 0 Å². The van der Waals surface area contributed by atoms with Crippen molar-refractivity contribution in [3.63, 3.8) is 0 Å². The van der Waals surface area contributed by atoms with E-state index in [4.69, 9.17) is 0 Å². The van der Waals surface area contributed by atoms with E-state index in [9.17, 15) is 9.50 Å². The van der Waals surface area contributed by atoms with E-state index in [0.29, 0.717) is 5.69 Å². The summed E-state index contributed by atoms with van der Waals surface area (Å²) in [6, 6.07) is 6.62. The van der Waals surface area contributed by atoms with Crippen LogP contribution in [0.1, 0.15) is 22.0 Å². The van der Waals surface area contributed by atoms with Gasteiger partial charge in [-0.25, -0.2) is 4.39 Å². The van der Waals surface area contributed by atoms with Gasteiger partial charge < -0.3 is 10.4 Å². The first-order valence-electron chi connectivity index (χ1n) is 5.78. The van der Waals surface area contributed by atoms with Crippen LogP contribution in [-0.2, 0) is 0 Å². The lowest BCUT2D eigenvalue weighted by Crippen LogP contribution is -2.14. The molecule has 1 aromatic heterocycles. The lowest BCUT2D eigenvalue weighted by molar-refractivity contribution is 0.277. The molecule has 0 bridgehead atoms. The first-order chi connectivity index (χ1) is 8.60. The third kappa shape index (κ3) is 2.89. The molecule has 0 radical (unpaired) electrons. The maximum Gasteiger partial charge on any atom is 0.125 e. The van der Waals surface area contributed by atoms with Crippen molar-refractivity contribution >= 4 is 17.0 Å². The van der Waals surface area contributed by atoms with Gasteiger partial charge in [-0.05, 0) is 54.6 Å². The minimum Gasteiger partial charge on any atom is -0.394 e. The molecule has 0 fully saturated rings. The summed E-state index contributed by atoms with van der Waals surface area (Å²) in [7, 11) is 0. The van der Waals surface area contributed by atoms with Crippen LogP contribution >= 0.6 is 11.3 Å². The summed E-state index contributed by atoms with van der Waals surface area (Å²) >= 11 is 1.59. The molecule has 4 heteroatoms. The highest BCUT2D eigenvalue weighted by molar-refractivity contribution is 7.10. The highest BCUT2D eigenvalue weighted by atomic mass is 32.1. The Morgan fingerprint density at radius 1 is 1.33 bits per heavy atom. The molecule has 0 spiro atoms. The molecule has 96 valence electrons. The van der Waals surface area contributed by atoms with Crippen molar-refractivity contribution in [1.29, 1.82) is 0 Å². The first kappa shape index (κ1) is 13.1. The molecule has 1 atom stereocenters. The van der Waals surface area contributed by atoms with Gasteiger partial charge in [0.2, 0.25) is 0 Å². The number of halogens is 1. The average Bonchev–Trinajstić information content (AvgIpc) is 2.71. The maximum absolute atomic E-state index is 13.3. The highest BCUT2D eigenvalue weighted by Crippen LogP contribution is 2.27. The molecule has 0 saturated carbocycles. The fourth-order valence-electron chi connectivity index (χ4n) is 1.96. The number of aliphatic hydroxyl groups is 1. The van der Waals surface area contributed by atoms with Crippen molar-refractivity contribution in [2.24, 2.45) is 0 Å². The lowest BCUT2D eigenvalue weighted by Gasteiger charge is -2.18. The topological polar surface area (TPSA) is 32.3 Å². The van der Waals surface area contributed by atoms with Gasteiger partial charge in [-0.15, -0.1) is 11.3 Å². The number of benzene rings is 1. The van der Waals surface area contributed by atoms with Crippen LogP contribution in [0.4, 0.5) is 10.1 Å². The Morgan fingerprint density at radius 3 is 2.67 bits per heavy atom. The second kappa shape index (κ2) is 5.50. The van der Waals surface area contributed by atoms with Gasteiger partial charge in [-0.3, -0.25) is 0 Å². The van der Waals surface area contributed by atoms with Crippen LogP contribution < -0.4 is 5.32 Å². The molecule has 18 heavy (non-hydrogen) atoms. The van der Waals surface area contributed by atoms with Gasteiger partial charge in [0.25, 0.3) is 0 Å². The van der Waals surface area contributed by atoms with Crippen LogP contribution in [0.2, 0.25) is 0 Å². The number of nitrogens with one attached hydrogen (secondary N) is 1. The predicted octanol–water partition coefficient (Wildman–Crippen LogP) is 3.65. The Balaban J connectivity index is 2.23. The van der Waals surface area contributed by atoms with Crippen molar-refractivity contribution in [2.75, 3.05) is 11.9 Å². The van der Waals surface area contributed by atoms with Gasteiger partial charge in [-0.2, -0.15) is 0 Å². The van der Waals surface area contributed by atoms with Gasteiger partial charge in [0.15, 0.2) is 0 Å². The molecule has 1 unspecified atom stereocenters. The lowest BCUT2D eigenvalue weighted by atomic mass is 10.1. The number of aryl methyl sites for hydroxylation is 2. The van der Waals surface area contributed by atoms with E-state index in [1.165, 1.54) is 12.1 Å². The molecular weight excluding hydrogens is 249 g/mol. The maximum atomic E-state index is 13.3. The van der Waals surface area contributed by atoms with E-state index in [1.54, 1.807) is 11.3 Å². The quantitative estimate of drug-likeness (QED) is 0.884. The van der Waals surface area contributed by atoms with E-state index in [0.717, 1.165) is 16.0 Å². The standard InChI is InChI=1S/C14H16FNOS/c1-9-5-11(15)7-12(6-9)16-13(8-17)14-10(2)3-4-18-14/h3-7,13,16-17H,8H2,1-2H3. The largest absolute Gasteiger partial charge is 0.394 e. The molecule has 0 aliphatic heterocycles. The van der Waals surface area contributed by atoms with Crippen molar-refractivity contribution in [3.8, 4) is 0 Å². The molecule has 2 nitrogen and oxygen atoms in total. The van der Waals surface area contributed by atoms with Crippen LogP contribution in [0.15, 0.2) is 29.6 Å². The SMILES string of the molecule is Cc1cc(F)cc(NC(CO)c2sccc2C)c1. The van der Waals surface area contributed by atoms with Gasteiger partial charge in [0.05, 0.1) is 12.6 Å². The summed E-state index contributed by atoms with van der Waals surface area (Å²) in [5, 5.41) is 14.6. The third-order valence-corrected chi connectivity index (χ3v) is 3.92. The predicted molar refractivity (Wildman–Crippen MR) is 73.6 cm³/mol. The number of thiophene rings is 1. The summed E-state index contributed by atoms with van der Waals surface area (Å²) in [4.78, 5) is 1.08. The number of aliphatic hydroxyl groups excluding tert-OH is 1. The zero-order chi connectivity index (χ0) is 13.1. The van der Waals surface area contributed by atoms with Crippen molar-refractivity contribution in [1.82, 2.24) is 0 Å². The van der Waals surface area contributed by atoms with Gasteiger partial charge in [0.1, 0.15) is 5.82 Å². The summed E-state index contributed by atoms with van der Waals surface area (Å²) in [5.74, 6) is -0.267. The average molecular weight is 265 g/mol. The Bertz CT molecular complexity index is 518. The van der Waals surface area contributed by atoms with E-state index in [2.05, 4.69) is 5.32 Å².